The van der Waals surface area contributed by atoms with Gasteiger partial charge in [0.05, 0.1) is 5.69 Å². The second kappa shape index (κ2) is 12.9. The smallest absolute Gasteiger partial charge is 0.509 e. The molecule has 0 saturated heterocycles. The van der Waals surface area contributed by atoms with Crippen LogP contribution in [0, 0.1) is 45.6 Å². The van der Waals surface area contributed by atoms with Crippen molar-refractivity contribution in [1.82, 2.24) is 19.3 Å². The van der Waals surface area contributed by atoms with E-state index in [1.807, 2.05) is 45.6 Å². The topological polar surface area (TPSA) is 44.9 Å². The van der Waals surface area contributed by atoms with Crippen molar-refractivity contribution in [3.05, 3.63) is 131 Å². The molecule has 0 spiro atoms. The van der Waals surface area contributed by atoms with Gasteiger partial charge in [0, 0.05) is 40.5 Å². The van der Waals surface area contributed by atoms with Gasteiger partial charge in [-0.15, -0.1) is 35.7 Å². The summed E-state index contributed by atoms with van der Waals surface area (Å²) in [6, 6.07) is 30.2. The summed E-state index contributed by atoms with van der Waals surface area (Å²) in [6.07, 6.45) is 3.11. The van der Waals surface area contributed by atoms with Crippen LogP contribution in [0.5, 0.6) is 11.5 Å². The summed E-state index contributed by atoms with van der Waals surface area (Å²) in [7, 11) is 0. The maximum atomic E-state index is 14.3. The number of aromatic nitrogens is 4. The average Bonchev–Trinajstić information content (AvgIpc) is 3.55. The van der Waals surface area contributed by atoms with E-state index in [0.29, 0.717) is 17.3 Å². The molecule has 0 aliphatic rings. The minimum absolute atomic E-state index is 0. The van der Waals surface area contributed by atoms with Gasteiger partial charge in [-0.2, -0.15) is 16.7 Å². The number of fused-ring (bicyclic) bond motifs is 3. The predicted molar refractivity (Wildman–Crippen MR) is 183 cm³/mol. The Labute approximate surface area is 288 Å². The van der Waals surface area contributed by atoms with E-state index in [4.69, 9.17) is 9.84 Å². The molecular weight excluding hydrogens is 678 g/mol. The van der Waals surface area contributed by atoms with Gasteiger partial charge in [-0.05, 0) is 73.5 Å². The van der Waals surface area contributed by atoms with Crippen molar-refractivity contribution in [2.75, 3.05) is 0 Å². The number of pyridine rings is 1. The predicted octanol–water partition coefficient (Wildman–Crippen LogP) is 9.92. The normalized spacial score (nSPS) is 11.3. The zero-order chi connectivity index (χ0) is 32.1. The number of rotatable bonds is 7. The van der Waals surface area contributed by atoms with Crippen molar-refractivity contribution in [2.24, 2.45) is 0 Å². The van der Waals surface area contributed by atoms with Gasteiger partial charge in [-0.1, -0.05) is 62.2 Å². The van der Waals surface area contributed by atoms with Crippen LogP contribution in [0.2, 0.25) is 0 Å². The first-order valence-corrected chi connectivity index (χ1v) is 15.7. The molecule has 7 aromatic rings. The molecule has 238 valence electrons. The monoisotopic (exact) mass is 712 g/mol. The van der Waals surface area contributed by atoms with Gasteiger partial charge in [-0.25, -0.2) is 9.37 Å². The molecule has 0 amide bonds. The van der Waals surface area contributed by atoms with Gasteiger partial charge in [0.1, 0.15) is 11.6 Å². The second-order valence-corrected chi connectivity index (χ2v) is 11.9. The molecule has 7 heteroatoms. The first-order chi connectivity index (χ1) is 22.2. The summed E-state index contributed by atoms with van der Waals surface area (Å²) < 4.78 is 24.7. The molecule has 0 fully saturated rings. The van der Waals surface area contributed by atoms with Crippen molar-refractivity contribution < 1.29 is 29.6 Å². The zero-order valence-electron chi connectivity index (χ0n) is 27.3. The van der Waals surface area contributed by atoms with Crippen LogP contribution in [0.3, 0.4) is 0 Å². The van der Waals surface area contributed by atoms with E-state index >= 15 is 0 Å². The maximum absolute atomic E-state index is 14.3. The molecule has 47 heavy (non-hydrogen) atoms. The molecule has 0 N–H and O–H groups in total. The molecule has 7 rings (SSSR count). The number of ether oxygens (including phenoxy) is 1. The van der Waals surface area contributed by atoms with E-state index < -0.39 is 0 Å². The third-order valence-electron chi connectivity index (χ3n) is 8.57. The number of para-hydroxylation sites is 1. The van der Waals surface area contributed by atoms with E-state index in [1.54, 1.807) is 0 Å². The summed E-state index contributed by atoms with van der Waals surface area (Å²) in [4.78, 5) is 4.47. The molecule has 4 aromatic carbocycles. The van der Waals surface area contributed by atoms with Gasteiger partial charge in [0.15, 0.2) is 0 Å². The van der Waals surface area contributed by atoms with Crippen LogP contribution in [-0.4, -0.2) is 19.3 Å². The van der Waals surface area contributed by atoms with Gasteiger partial charge in [0.25, 0.3) is 0 Å². The van der Waals surface area contributed by atoms with Gasteiger partial charge < -0.3 is 9.30 Å². The number of hydrogen-bond donors (Lipinski definition) is 0. The molecule has 0 saturated carbocycles. The fraction of sp³-hybridized carbons (Fsp3) is 0.200. The van der Waals surface area contributed by atoms with E-state index in [9.17, 15) is 4.39 Å². The first kappa shape index (κ1) is 32.4. The Bertz CT molecular complexity index is 2260. The minimum Gasteiger partial charge on any atom is -0.509 e. The van der Waals surface area contributed by atoms with Gasteiger partial charge in [0.2, 0.25) is 0 Å². The Morgan fingerprint density at radius 1 is 0.766 bits per heavy atom. The Morgan fingerprint density at radius 2 is 1.51 bits per heavy atom. The third kappa shape index (κ3) is 5.80. The van der Waals surface area contributed by atoms with E-state index in [-0.39, 0.29) is 26.2 Å². The van der Waals surface area contributed by atoms with Crippen LogP contribution in [0.15, 0.2) is 79.0 Å². The van der Waals surface area contributed by atoms with Crippen molar-refractivity contribution in [3.63, 3.8) is 0 Å². The fourth-order valence-corrected chi connectivity index (χ4v) is 6.78. The Morgan fingerprint density at radius 3 is 2.23 bits per heavy atom. The Kier molecular flexibility index (Phi) is 8.89. The Balaban J connectivity index is 0.00000386. The standard InChI is InChI=1S/C40H35FN4O.Pd/c1-7-34-40(39-26(5)17-24(3)18-27(39)6)35(8-2)45(43-34)29-19-25(4)20-31(22-29)46-30-13-14-33-32-11-9-10-12-36(32)44(37(33)23-30)38-21-28(41)15-16-42-38;/h9-21H,7-8H2,1-6H3;/q-2;+2. The summed E-state index contributed by atoms with van der Waals surface area (Å²) in [6.45, 7) is 12.9. The van der Waals surface area contributed by atoms with Crippen LogP contribution in [0.25, 0.3) is 44.4 Å². The number of benzene rings is 4. The zero-order valence-corrected chi connectivity index (χ0v) is 28.9. The summed E-state index contributed by atoms with van der Waals surface area (Å²) in [5, 5.41) is 7.15. The van der Waals surface area contributed by atoms with Crippen molar-refractivity contribution in [3.8, 4) is 34.1 Å². The molecule has 0 bridgehead atoms. The van der Waals surface area contributed by atoms with Gasteiger partial charge >= 0.3 is 20.4 Å². The van der Waals surface area contributed by atoms with Gasteiger partial charge in [-0.3, -0.25) is 4.68 Å². The number of hydrogen-bond acceptors (Lipinski definition) is 3. The van der Waals surface area contributed by atoms with Crippen molar-refractivity contribution >= 4 is 21.8 Å². The summed E-state index contributed by atoms with van der Waals surface area (Å²) in [5.74, 6) is 1.23. The molecule has 0 unspecified atom stereocenters. The van der Waals surface area contributed by atoms with Crippen molar-refractivity contribution in [1.29, 1.82) is 0 Å². The maximum Gasteiger partial charge on any atom is 2.00 e. The SMILES string of the molecule is CCc1nn(-c2[c-]c(Oc3[c-]c4c(cc3)c3ccccc3n4-c3cc(F)ccn3)cc(C)c2)c(CC)c1-c1c(C)cc(C)cc1C.[Pd+2]. The number of nitrogens with zero attached hydrogens (tertiary/aromatic N) is 4. The molecule has 0 radical (unpaired) electrons. The second-order valence-electron chi connectivity index (χ2n) is 11.9. The van der Waals surface area contributed by atoms with Crippen LogP contribution in [-0.2, 0) is 33.3 Å². The molecule has 0 aliphatic carbocycles. The summed E-state index contributed by atoms with van der Waals surface area (Å²) in [5.41, 5.74) is 12.0. The van der Waals surface area contributed by atoms with Crippen molar-refractivity contribution in [2.45, 2.75) is 54.4 Å². The van der Waals surface area contributed by atoms with E-state index in [1.165, 1.54) is 46.1 Å². The molecular formula is C40H35FN4OPd. The Hall–Kier alpha value is -4.57. The number of halogens is 1. The van der Waals surface area contributed by atoms with Crippen LogP contribution in [0.4, 0.5) is 4.39 Å². The minimum atomic E-state index is -0.350. The molecule has 3 aromatic heterocycles. The molecule has 5 nitrogen and oxygen atoms in total. The van der Waals surface area contributed by atoms with E-state index in [0.717, 1.165) is 57.3 Å². The first-order valence-electron chi connectivity index (χ1n) is 15.7. The van der Waals surface area contributed by atoms with E-state index in [2.05, 4.69) is 82.9 Å². The average molecular weight is 713 g/mol. The fourth-order valence-electron chi connectivity index (χ4n) is 6.78. The molecule has 0 aliphatic heterocycles. The largest absolute Gasteiger partial charge is 2.00 e. The quantitative estimate of drug-likeness (QED) is 0.122. The summed E-state index contributed by atoms with van der Waals surface area (Å²) >= 11 is 0. The van der Waals surface area contributed by atoms with Crippen LogP contribution in [0.1, 0.15) is 47.5 Å². The third-order valence-corrected chi connectivity index (χ3v) is 8.57. The molecule has 3 heterocycles. The number of aryl methyl sites for hydroxylation is 5. The van der Waals surface area contributed by atoms with Crippen LogP contribution >= 0.6 is 0 Å². The van der Waals surface area contributed by atoms with Crippen LogP contribution < -0.4 is 4.74 Å². The molecule has 0 atom stereocenters.